The van der Waals surface area contributed by atoms with Crippen molar-refractivity contribution >= 4 is 43.8 Å². The number of hydrogen-bond acceptors (Lipinski definition) is 5. The van der Waals surface area contributed by atoms with Gasteiger partial charge in [-0.15, -0.1) is 0 Å². The van der Waals surface area contributed by atoms with Gasteiger partial charge in [0.05, 0.1) is 16.1 Å². The third-order valence-corrected chi connectivity index (χ3v) is 7.27. The number of aromatic nitrogens is 3. The molecule has 9 heteroatoms. The lowest BCUT2D eigenvalue weighted by molar-refractivity contribution is 0.0951. The Balaban J connectivity index is 1.32. The van der Waals surface area contributed by atoms with E-state index >= 15 is 0 Å². The third-order valence-electron chi connectivity index (χ3n) is 5.30. The molecule has 3 heterocycles. The van der Waals surface area contributed by atoms with Gasteiger partial charge in [-0.25, -0.2) is 13.4 Å². The number of imidazole rings is 1. The van der Waals surface area contributed by atoms with Gasteiger partial charge in [0.25, 0.3) is 5.91 Å². The van der Waals surface area contributed by atoms with E-state index in [0.29, 0.717) is 16.2 Å². The number of nitrogens with zero attached hydrogens (tertiary/aromatic N) is 3. The van der Waals surface area contributed by atoms with Crippen LogP contribution in [0.5, 0.6) is 0 Å². The lowest BCUT2D eigenvalue weighted by Gasteiger charge is -2.08. The van der Waals surface area contributed by atoms with Crippen molar-refractivity contribution in [3.63, 3.8) is 0 Å². The minimum Gasteiger partial charge on any atom is -0.348 e. The Hall–Kier alpha value is -3.75. The third kappa shape index (κ3) is 4.06. The summed E-state index contributed by atoms with van der Waals surface area (Å²) >= 11 is 6.02. The molecule has 0 bridgehead atoms. The molecule has 0 atom stereocenters. The van der Waals surface area contributed by atoms with Gasteiger partial charge in [0, 0.05) is 36.1 Å². The fraction of sp³-hybridized carbons (Fsp3) is 0.0417. The van der Waals surface area contributed by atoms with Gasteiger partial charge in [-0.2, -0.15) is 0 Å². The Bertz CT molecular complexity index is 1610. The van der Waals surface area contributed by atoms with Crippen LogP contribution in [-0.2, 0) is 16.4 Å². The van der Waals surface area contributed by atoms with E-state index in [4.69, 9.17) is 11.6 Å². The first-order valence-electron chi connectivity index (χ1n) is 10.0. The minimum atomic E-state index is -3.80. The second kappa shape index (κ2) is 8.31. The van der Waals surface area contributed by atoms with Crippen molar-refractivity contribution in [3.8, 4) is 0 Å². The van der Waals surface area contributed by atoms with E-state index in [1.165, 1.54) is 28.9 Å². The van der Waals surface area contributed by atoms with Crippen molar-refractivity contribution in [3.05, 3.63) is 102 Å². The SMILES string of the molecule is O=C(NCc1ccc(S(=O)(=O)c2cnc3ccc(Cl)cn23)cc1)c1ccc2ccncc2c1. The zero-order valence-corrected chi connectivity index (χ0v) is 18.7. The van der Waals surface area contributed by atoms with Crippen molar-refractivity contribution in [1.29, 1.82) is 0 Å². The first kappa shape index (κ1) is 21.1. The van der Waals surface area contributed by atoms with Crippen LogP contribution in [-0.4, -0.2) is 28.7 Å². The van der Waals surface area contributed by atoms with E-state index < -0.39 is 9.84 Å². The molecule has 0 aliphatic rings. The van der Waals surface area contributed by atoms with Crippen LogP contribution in [0.25, 0.3) is 16.4 Å². The maximum Gasteiger partial charge on any atom is 0.251 e. The molecule has 0 unspecified atom stereocenters. The fourth-order valence-electron chi connectivity index (χ4n) is 3.55. The van der Waals surface area contributed by atoms with Crippen molar-refractivity contribution in [2.45, 2.75) is 16.5 Å². The van der Waals surface area contributed by atoms with Crippen LogP contribution in [0, 0.1) is 0 Å². The number of halogens is 1. The van der Waals surface area contributed by atoms with Gasteiger partial charge in [-0.1, -0.05) is 29.8 Å². The zero-order chi connectivity index (χ0) is 23.0. The Morgan fingerprint density at radius 3 is 2.61 bits per heavy atom. The van der Waals surface area contributed by atoms with E-state index in [1.807, 2.05) is 12.1 Å². The molecule has 0 spiro atoms. The van der Waals surface area contributed by atoms with Crippen molar-refractivity contribution < 1.29 is 13.2 Å². The molecule has 1 amide bonds. The van der Waals surface area contributed by atoms with Crippen LogP contribution in [0.3, 0.4) is 0 Å². The maximum absolute atomic E-state index is 13.1. The summed E-state index contributed by atoms with van der Waals surface area (Å²) in [7, 11) is -3.80. The summed E-state index contributed by atoms with van der Waals surface area (Å²) in [5, 5.41) is 5.19. The highest BCUT2D eigenvalue weighted by atomic mass is 35.5. The molecule has 1 N–H and O–H groups in total. The molecule has 5 rings (SSSR count). The molecule has 164 valence electrons. The Labute approximate surface area is 194 Å². The quantitative estimate of drug-likeness (QED) is 0.408. The number of sulfone groups is 1. The number of carbonyl (C=O) groups is 1. The number of nitrogens with one attached hydrogen (secondary N) is 1. The number of rotatable bonds is 5. The standard InChI is InChI=1S/C24H17ClN4O3S/c25-20-5-8-22-27-14-23(29(22)15-20)33(31,32)21-6-1-16(2-7-21)12-28-24(30)18-4-3-17-9-10-26-13-19(17)11-18/h1-11,13-15H,12H2,(H,28,30). The minimum absolute atomic E-state index is 0.0341. The molecule has 0 aliphatic carbocycles. The summed E-state index contributed by atoms with van der Waals surface area (Å²) in [6.07, 6.45) is 6.25. The average Bonchev–Trinajstić information content (AvgIpc) is 3.26. The number of benzene rings is 2. The van der Waals surface area contributed by atoms with E-state index in [-0.39, 0.29) is 22.4 Å². The molecule has 0 saturated heterocycles. The zero-order valence-electron chi connectivity index (χ0n) is 17.1. The molecular weight excluding hydrogens is 460 g/mol. The average molecular weight is 477 g/mol. The highest BCUT2D eigenvalue weighted by molar-refractivity contribution is 7.91. The van der Waals surface area contributed by atoms with Crippen molar-refractivity contribution in [2.75, 3.05) is 0 Å². The van der Waals surface area contributed by atoms with Crippen LogP contribution in [0.1, 0.15) is 15.9 Å². The molecule has 0 aliphatic heterocycles. The number of fused-ring (bicyclic) bond motifs is 2. The summed E-state index contributed by atoms with van der Waals surface area (Å²) < 4.78 is 27.7. The monoisotopic (exact) mass is 476 g/mol. The van der Waals surface area contributed by atoms with Crippen LogP contribution in [0.2, 0.25) is 5.02 Å². The fourth-order valence-corrected chi connectivity index (χ4v) is 5.04. The topological polar surface area (TPSA) is 93.4 Å². The van der Waals surface area contributed by atoms with E-state index in [9.17, 15) is 13.2 Å². The van der Waals surface area contributed by atoms with Crippen molar-refractivity contribution in [1.82, 2.24) is 19.7 Å². The number of amides is 1. The number of hydrogen-bond donors (Lipinski definition) is 1. The normalized spacial score (nSPS) is 11.7. The predicted molar refractivity (Wildman–Crippen MR) is 125 cm³/mol. The molecule has 0 saturated carbocycles. The first-order chi connectivity index (χ1) is 15.9. The summed E-state index contributed by atoms with van der Waals surface area (Å²) in [4.78, 5) is 20.9. The van der Waals surface area contributed by atoms with Gasteiger partial charge in [0.2, 0.25) is 9.84 Å². The van der Waals surface area contributed by atoms with Crippen LogP contribution >= 0.6 is 11.6 Å². The van der Waals surface area contributed by atoms with Crippen molar-refractivity contribution in [2.24, 2.45) is 0 Å². The second-order valence-electron chi connectivity index (χ2n) is 7.44. The Morgan fingerprint density at radius 1 is 0.970 bits per heavy atom. The smallest absolute Gasteiger partial charge is 0.251 e. The second-order valence-corrected chi connectivity index (χ2v) is 9.77. The van der Waals surface area contributed by atoms with Gasteiger partial charge in [0.1, 0.15) is 5.65 Å². The molecule has 0 fully saturated rings. The Morgan fingerprint density at radius 2 is 1.79 bits per heavy atom. The lowest BCUT2D eigenvalue weighted by atomic mass is 10.1. The van der Waals surface area contributed by atoms with Gasteiger partial charge >= 0.3 is 0 Å². The van der Waals surface area contributed by atoms with Crippen LogP contribution in [0.4, 0.5) is 0 Å². The van der Waals surface area contributed by atoms with Gasteiger partial charge in [-0.05, 0) is 53.4 Å². The summed E-state index contributed by atoms with van der Waals surface area (Å²) in [5.74, 6) is -0.222. The first-order valence-corrected chi connectivity index (χ1v) is 11.9. The highest BCUT2D eigenvalue weighted by Gasteiger charge is 2.22. The largest absolute Gasteiger partial charge is 0.348 e. The summed E-state index contributed by atoms with van der Waals surface area (Å²) in [6.45, 7) is 0.259. The molecule has 5 aromatic rings. The van der Waals surface area contributed by atoms with Gasteiger partial charge in [0.15, 0.2) is 5.03 Å². The molecule has 7 nitrogen and oxygen atoms in total. The Kier molecular flexibility index (Phi) is 5.32. The van der Waals surface area contributed by atoms with Crippen LogP contribution < -0.4 is 5.32 Å². The number of pyridine rings is 2. The summed E-state index contributed by atoms with van der Waals surface area (Å²) in [6, 6.07) is 17.0. The lowest BCUT2D eigenvalue weighted by Crippen LogP contribution is -2.22. The molecule has 2 aromatic carbocycles. The van der Waals surface area contributed by atoms with Gasteiger partial charge in [-0.3, -0.25) is 14.2 Å². The highest BCUT2D eigenvalue weighted by Crippen LogP contribution is 2.23. The molecule has 0 radical (unpaired) electrons. The molecule has 3 aromatic heterocycles. The van der Waals surface area contributed by atoms with Crippen LogP contribution in [0.15, 0.2) is 95.4 Å². The molecular formula is C24H17ClN4O3S. The molecule has 33 heavy (non-hydrogen) atoms. The maximum atomic E-state index is 13.1. The van der Waals surface area contributed by atoms with E-state index in [2.05, 4.69) is 15.3 Å². The van der Waals surface area contributed by atoms with Gasteiger partial charge < -0.3 is 5.32 Å². The van der Waals surface area contributed by atoms with E-state index in [0.717, 1.165) is 16.3 Å². The van der Waals surface area contributed by atoms with E-state index in [1.54, 1.807) is 48.8 Å². The predicted octanol–water partition coefficient (Wildman–Crippen LogP) is 4.30. The summed E-state index contributed by atoms with van der Waals surface area (Å²) in [5.41, 5.74) is 1.79. The number of carbonyl (C=O) groups excluding carboxylic acids is 1.